The second-order valence-electron chi connectivity index (χ2n) is 4.68. The molecule has 102 valence electrons. The molecule has 0 atom stereocenters. The third-order valence-electron chi connectivity index (χ3n) is 3.28. The molecule has 4 nitrogen and oxygen atoms in total. The van der Waals surface area contributed by atoms with Crippen LogP contribution in [-0.2, 0) is 13.5 Å². The van der Waals surface area contributed by atoms with Gasteiger partial charge in [0.2, 0.25) is 5.95 Å². The number of nitrogens with one attached hydrogen (secondary N) is 1. The summed E-state index contributed by atoms with van der Waals surface area (Å²) in [6.45, 7) is 0.797. The van der Waals surface area contributed by atoms with Gasteiger partial charge in [0, 0.05) is 48.1 Å². The van der Waals surface area contributed by atoms with Crippen molar-refractivity contribution in [2.45, 2.75) is 6.42 Å². The third kappa shape index (κ3) is 2.60. The summed E-state index contributed by atoms with van der Waals surface area (Å²) in [6.07, 6.45) is 6.52. The van der Waals surface area contributed by atoms with Crippen molar-refractivity contribution >= 4 is 28.5 Å². The number of halogens is 1. The predicted molar refractivity (Wildman–Crippen MR) is 82.2 cm³/mol. The molecule has 3 rings (SSSR count). The lowest BCUT2D eigenvalue weighted by Crippen LogP contribution is -2.07. The highest BCUT2D eigenvalue weighted by atomic mass is 35.5. The molecule has 0 radical (unpaired) electrons. The van der Waals surface area contributed by atoms with Gasteiger partial charge >= 0.3 is 0 Å². The number of fused-ring (bicyclic) bond motifs is 1. The van der Waals surface area contributed by atoms with Gasteiger partial charge < -0.3 is 9.88 Å². The van der Waals surface area contributed by atoms with Crippen LogP contribution in [0.3, 0.4) is 0 Å². The Bertz CT molecular complexity index is 721. The molecule has 3 aromatic rings. The first kappa shape index (κ1) is 12.9. The molecular formula is C15H15ClN4. The molecule has 0 unspecified atom stereocenters. The maximum absolute atomic E-state index is 6.04. The Morgan fingerprint density at radius 3 is 2.85 bits per heavy atom. The van der Waals surface area contributed by atoms with E-state index in [9.17, 15) is 0 Å². The number of anilines is 1. The zero-order valence-corrected chi connectivity index (χ0v) is 11.9. The average molecular weight is 287 g/mol. The fourth-order valence-corrected chi connectivity index (χ4v) is 2.51. The number of hydrogen-bond acceptors (Lipinski definition) is 3. The molecule has 20 heavy (non-hydrogen) atoms. The van der Waals surface area contributed by atoms with Gasteiger partial charge in [-0.1, -0.05) is 17.7 Å². The highest BCUT2D eigenvalue weighted by Crippen LogP contribution is 2.24. The van der Waals surface area contributed by atoms with Crippen molar-refractivity contribution in [2.75, 3.05) is 11.9 Å². The Hall–Kier alpha value is -2.07. The molecule has 0 aliphatic heterocycles. The summed E-state index contributed by atoms with van der Waals surface area (Å²) in [5, 5.41) is 5.23. The quantitative estimate of drug-likeness (QED) is 0.800. The number of aryl methyl sites for hydroxylation is 1. The highest BCUT2D eigenvalue weighted by Gasteiger charge is 2.07. The number of hydrogen-bond donors (Lipinski definition) is 1. The molecule has 0 spiro atoms. The SMILES string of the molecule is Cn1cc(CCNc2ncccn2)c2ccc(Cl)cc21. The van der Waals surface area contributed by atoms with Crippen molar-refractivity contribution in [3.8, 4) is 0 Å². The van der Waals surface area contributed by atoms with Gasteiger partial charge in [0.25, 0.3) is 0 Å². The Labute approximate surface area is 122 Å². The van der Waals surface area contributed by atoms with Crippen LogP contribution in [-0.4, -0.2) is 21.1 Å². The summed E-state index contributed by atoms with van der Waals surface area (Å²) < 4.78 is 2.11. The van der Waals surface area contributed by atoms with Gasteiger partial charge in [-0.25, -0.2) is 9.97 Å². The van der Waals surface area contributed by atoms with Gasteiger partial charge in [0.1, 0.15) is 0 Å². The fraction of sp³-hybridized carbons (Fsp3) is 0.200. The molecule has 0 aliphatic rings. The number of rotatable bonds is 4. The molecule has 0 fully saturated rings. The topological polar surface area (TPSA) is 42.7 Å². The fourth-order valence-electron chi connectivity index (χ4n) is 2.34. The Morgan fingerprint density at radius 2 is 2.05 bits per heavy atom. The third-order valence-corrected chi connectivity index (χ3v) is 3.51. The van der Waals surface area contributed by atoms with Crippen molar-refractivity contribution in [3.05, 3.63) is 53.4 Å². The first-order valence-corrected chi connectivity index (χ1v) is 6.86. The molecule has 0 amide bonds. The summed E-state index contributed by atoms with van der Waals surface area (Å²) in [4.78, 5) is 8.29. The summed E-state index contributed by atoms with van der Waals surface area (Å²) in [5.74, 6) is 0.663. The molecular weight excluding hydrogens is 272 g/mol. The zero-order valence-electron chi connectivity index (χ0n) is 11.2. The summed E-state index contributed by atoms with van der Waals surface area (Å²) in [7, 11) is 2.04. The van der Waals surface area contributed by atoms with E-state index >= 15 is 0 Å². The van der Waals surface area contributed by atoms with Crippen LogP contribution in [0.25, 0.3) is 10.9 Å². The van der Waals surface area contributed by atoms with E-state index in [4.69, 9.17) is 11.6 Å². The van der Waals surface area contributed by atoms with Gasteiger partial charge in [-0.05, 0) is 30.2 Å². The van der Waals surface area contributed by atoms with Crippen LogP contribution in [0.15, 0.2) is 42.9 Å². The van der Waals surface area contributed by atoms with E-state index in [0.29, 0.717) is 5.95 Å². The smallest absolute Gasteiger partial charge is 0.222 e. The Kier molecular flexibility index (Phi) is 3.56. The standard InChI is InChI=1S/C15H15ClN4/c1-20-10-11(13-4-3-12(16)9-14(13)20)5-8-19-15-17-6-2-7-18-15/h2-4,6-7,9-10H,5,8H2,1H3,(H,17,18,19). The zero-order chi connectivity index (χ0) is 13.9. The number of benzene rings is 1. The van der Waals surface area contributed by atoms with E-state index in [1.54, 1.807) is 18.5 Å². The second-order valence-corrected chi connectivity index (χ2v) is 5.11. The molecule has 5 heteroatoms. The normalized spacial score (nSPS) is 10.9. The molecule has 2 heterocycles. The molecule has 0 saturated carbocycles. The van der Waals surface area contributed by atoms with Gasteiger partial charge in [-0.15, -0.1) is 0 Å². The molecule has 0 aliphatic carbocycles. The minimum Gasteiger partial charge on any atom is -0.354 e. The van der Waals surface area contributed by atoms with Gasteiger partial charge in [0.15, 0.2) is 0 Å². The van der Waals surface area contributed by atoms with E-state index in [-0.39, 0.29) is 0 Å². The largest absolute Gasteiger partial charge is 0.354 e. The number of nitrogens with zero attached hydrogens (tertiary/aromatic N) is 3. The van der Waals surface area contributed by atoms with Crippen LogP contribution in [0, 0.1) is 0 Å². The first-order chi connectivity index (χ1) is 9.74. The van der Waals surface area contributed by atoms with Gasteiger partial charge in [-0.3, -0.25) is 0 Å². The van der Waals surface area contributed by atoms with Crippen LogP contribution < -0.4 is 5.32 Å². The van der Waals surface area contributed by atoms with Crippen molar-refractivity contribution in [1.29, 1.82) is 0 Å². The lowest BCUT2D eigenvalue weighted by Gasteiger charge is -2.03. The lowest BCUT2D eigenvalue weighted by molar-refractivity contribution is 0.937. The maximum Gasteiger partial charge on any atom is 0.222 e. The summed E-state index contributed by atoms with van der Waals surface area (Å²) >= 11 is 6.04. The summed E-state index contributed by atoms with van der Waals surface area (Å²) in [6, 6.07) is 7.81. The van der Waals surface area contributed by atoms with Crippen LogP contribution in [0.5, 0.6) is 0 Å². The molecule has 1 N–H and O–H groups in total. The Balaban J connectivity index is 1.75. The second kappa shape index (κ2) is 5.51. The molecule has 2 aromatic heterocycles. The van der Waals surface area contributed by atoms with Gasteiger partial charge in [0.05, 0.1) is 0 Å². The van der Waals surface area contributed by atoms with Crippen molar-refractivity contribution in [1.82, 2.24) is 14.5 Å². The van der Waals surface area contributed by atoms with Crippen LogP contribution in [0.2, 0.25) is 5.02 Å². The van der Waals surface area contributed by atoms with Crippen LogP contribution in [0.4, 0.5) is 5.95 Å². The maximum atomic E-state index is 6.04. The minimum absolute atomic E-state index is 0.663. The van der Waals surface area contributed by atoms with Crippen molar-refractivity contribution < 1.29 is 0 Å². The van der Waals surface area contributed by atoms with E-state index < -0.39 is 0 Å². The molecule has 1 aromatic carbocycles. The van der Waals surface area contributed by atoms with Crippen LogP contribution in [0.1, 0.15) is 5.56 Å². The highest BCUT2D eigenvalue weighted by molar-refractivity contribution is 6.31. The van der Waals surface area contributed by atoms with Crippen molar-refractivity contribution in [2.24, 2.45) is 7.05 Å². The molecule has 0 bridgehead atoms. The Morgan fingerprint density at radius 1 is 1.25 bits per heavy atom. The van der Waals surface area contributed by atoms with E-state index in [0.717, 1.165) is 23.5 Å². The first-order valence-electron chi connectivity index (χ1n) is 6.48. The lowest BCUT2D eigenvalue weighted by atomic mass is 10.1. The van der Waals surface area contributed by atoms with E-state index in [1.807, 2.05) is 19.2 Å². The van der Waals surface area contributed by atoms with E-state index in [2.05, 4.69) is 32.1 Å². The average Bonchev–Trinajstić information content (AvgIpc) is 2.76. The minimum atomic E-state index is 0.663. The predicted octanol–water partition coefficient (Wildman–Crippen LogP) is 3.28. The summed E-state index contributed by atoms with van der Waals surface area (Å²) in [5.41, 5.74) is 2.45. The monoisotopic (exact) mass is 286 g/mol. The van der Waals surface area contributed by atoms with Crippen molar-refractivity contribution in [3.63, 3.8) is 0 Å². The van der Waals surface area contributed by atoms with E-state index in [1.165, 1.54) is 10.9 Å². The number of aromatic nitrogens is 3. The van der Waals surface area contributed by atoms with Crippen LogP contribution >= 0.6 is 11.6 Å². The van der Waals surface area contributed by atoms with Gasteiger partial charge in [-0.2, -0.15) is 0 Å². The molecule has 0 saturated heterocycles.